The minimum Gasteiger partial charge on any atom is -0.343 e. The number of hydrazine groups is 1. The van der Waals surface area contributed by atoms with Crippen molar-refractivity contribution in [2.75, 3.05) is 0 Å². The number of nitrogens with zero attached hydrogens (tertiary/aromatic N) is 1. The standard InChI is InChI=1S/C15H14BrN3OS/c1-9-10(7-14(21-9)15(20)18-17)8-19-6-5-11-12(16)3-2-4-13(11)19/h2-7H,8,17H2,1H3,(H,18,20). The van der Waals surface area contributed by atoms with Crippen LogP contribution in [0.5, 0.6) is 0 Å². The first-order valence-corrected chi connectivity index (χ1v) is 8.04. The zero-order chi connectivity index (χ0) is 15.0. The number of rotatable bonds is 3. The van der Waals surface area contributed by atoms with Crippen molar-refractivity contribution >= 4 is 44.1 Å². The topological polar surface area (TPSA) is 60.1 Å². The number of hydrogen-bond acceptors (Lipinski definition) is 3. The molecule has 1 aromatic carbocycles. The number of fused-ring (bicyclic) bond motifs is 1. The molecule has 1 amide bonds. The number of benzene rings is 1. The van der Waals surface area contributed by atoms with E-state index in [0.29, 0.717) is 4.88 Å². The predicted molar refractivity (Wildman–Crippen MR) is 89.4 cm³/mol. The van der Waals surface area contributed by atoms with Gasteiger partial charge in [-0.15, -0.1) is 11.3 Å². The van der Waals surface area contributed by atoms with Gasteiger partial charge in [0.15, 0.2) is 0 Å². The molecular formula is C15H14BrN3OS. The van der Waals surface area contributed by atoms with Crippen LogP contribution in [-0.4, -0.2) is 10.5 Å². The van der Waals surface area contributed by atoms with Crippen molar-refractivity contribution in [1.82, 2.24) is 9.99 Å². The van der Waals surface area contributed by atoms with Crippen molar-refractivity contribution in [2.24, 2.45) is 5.84 Å². The molecule has 21 heavy (non-hydrogen) atoms. The van der Waals surface area contributed by atoms with Gasteiger partial charge in [-0.1, -0.05) is 22.0 Å². The van der Waals surface area contributed by atoms with Crippen LogP contribution in [0.1, 0.15) is 20.1 Å². The molecule has 0 aliphatic carbocycles. The third-order valence-corrected chi connectivity index (χ3v) is 5.26. The van der Waals surface area contributed by atoms with E-state index in [0.717, 1.165) is 21.5 Å². The van der Waals surface area contributed by atoms with Crippen LogP contribution in [0.3, 0.4) is 0 Å². The monoisotopic (exact) mass is 363 g/mol. The molecule has 0 spiro atoms. The Balaban J connectivity index is 1.97. The molecule has 3 rings (SSSR count). The Morgan fingerprint density at radius 3 is 3.00 bits per heavy atom. The van der Waals surface area contributed by atoms with E-state index in [1.165, 1.54) is 22.2 Å². The number of nitrogens with two attached hydrogens (primary N) is 1. The number of aromatic nitrogens is 1. The average molecular weight is 364 g/mol. The molecule has 2 aromatic heterocycles. The summed E-state index contributed by atoms with van der Waals surface area (Å²) in [6, 6.07) is 10.2. The maximum Gasteiger partial charge on any atom is 0.275 e. The molecular weight excluding hydrogens is 350 g/mol. The predicted octanol–water partition coefficient (Wildman–Crippen LogP) is 3.43. The van der Waals surface area contributed by atoms with Crippen LogP contribution < -0.4 is 11.3 Å². The van der Waals surface area contributed by atoms with Gasteiger partial charge in [0.05, 0.1) is 4.88 Å². The number of carbonyl (C=O) groups excluding carboxylic acids is 1. The van der Waals surface area contributed by atoms with Gasteiger partial charge in [0.25, 0.3) is 5.91 Å². The molecule has 0 saturated carbocycles. The smallest absolute Gasteiger partial charge is 0.275 e. The van der Waals surface area contributed by atoms with Crippen LogP contribution in [-0.2, 0) is 6.54 Å². The number of amides is 1. The number of aryl methyl sites for hydroxylation is 1. The Kier molecular flexibility index (Phi) is 3.84. The molecule has 3 N–H and O–H groups in total. The van der Waals surface area contributed by atoms with E-state index in [1.807, 2.05) is 25.1 Å². The van der Waals surface area contributed by atoms with E-state index in [1.54, 1.807) is 0 Å². The van der Waals surface area contributed by atoms with Gasteiger partial charge in [0.2, 0.25) is 0 Å². The zero-order valence-corrected chi connectivity index (χ0v) is 13.8. The summed E-state index contributed by atoms with van der Waals surface area (Å²) < 4.78 is 3.27. The summed E-state index contributed by atoms with van der Waals surface area (Å²) >= 11 is 5.03. The van der Waals surface area contributed by atoms with Crippen molar-refractivity contribution in [1.29, 1.82) is 0 Å². The van der Waals surface area contributed by atoms with Crippen LogP contribution in [0.25, 0.3) is 10.9 Å². The van der Waals surface area contributed by atoms with E-state index in [9.17, 15) is 4.79 Å². The number of nitrogens with one attached hydrogen (secondary N) is 1. The van der Waals surface area contributed by atoms with Crippen LogP contribution in [0.2, 0.25) is 0 Å². The third kappa shape index (κ3) is 2.62. The second-order valence-corrected chi connectivity index (χ2v) is 6.89. The van der Waals surface area contributed by atoms with Crippen LogP contribution in [0, 0.1) is 6.92 Å². The number of nitrogen functional groups attached to an aromatic ring is 1. The summed E-state index contributed by atoms with van der Waals surface area (Å²) in [5.41, 5.74) is 4.48. The lowest BCUT2D eigenvalue weighted by Crippen LogP contribution is -2.29. The fourth-order valence-electron chi connectivity index (χ4n) is 2.37. The van der Waals surface area contributed by atoms with Gasteiger partial charge < -0.3 is 4.57 Å². The lowest BCUT2D eigenvalue weighted by atomic mass is 10.2. The van der Waals surface area contributed by atoms with Gasteiger partial charge in [-0.3, -0.25) is 10.2 Å². The summed E-state index contributed by atoms with van der Waals surface area (Å²) in [7, 11) is 0. The Bertz CT molecular complexity index is 822. The van der Waals surface area contributed by atoms with Crippen LogP contribution >= 0.6 is 27.3 Å². The van der Waals surface area contributed by atoms with Crippen molar-refractivity contribution in [2.45, 2.75) is 13.5 Å². The number of halogens is 1. The first-order valence-electron chi connectivity index (χ1n) is 6.43. The highest BCUT2D eigenvalue weighted by Gasteiger charge is 2.12. The van der Waals surface area contributed by atoms with E-state index in [4.69, 9.17) is 5.84 Å². The van der Waals surface area contributed by atoms with Gasteiger partial charge in [0, 0.05) is 33.0 Å². The van der Waals surface area contributed by atoms with Crippen LogP contribution in [0.4, 0.5) is 0 Å². The molecule has 0 bridgehead atoms. The molecule has 108 valence electrons. The molecule has 0 fully saturated rings. The van der Waals surface area contributed by atoms with Crippen molar-refractivity contribution < 1.29 is 4.79 Å². The molecule has 6 heteroatoms. The van der Waals surface area contributed by atoms with E-state index >= 15 is 0 Å². The van der Waals surface area contributed by atoms with Gasteiger partial charge in [-0.25, -0.2) is 5.84 Å². The van der Waals surface area contributed by atoms with Crippen molar-refractivity contribution in [3.05, 3.63) is 56.3 Å². The first kappa shape index (κ1) is 14.3. The average Bonchev–Trinajstić information content (AvgIpc) is 3.05. The first-order chi connectivity index (χ1) is 10.1. The summed E-state index contributed by atoms with van der Waals surface area (Å²) in [5, 5.41) is 1.19. The number of carbonyl (C=O) groups is 1. The summed E-state index contributed by atoms with van der Waals surface area (Å²) in [6.45, 7) is 2.76. The van der Waals surface area contributed by atoms with E-state index < -0.39 is 0 Å². The molecule has 0 aliphatic rings. The fourth-order valence-corrected chi connectivity index (χ4v) is 3.79. The second-order valence-electron chi connectivity index (χ2n) is 4.78. The summed E-state index contributed by atoms with van der Waals surface area (Å²) in [5.74, 6) is 4.95. The lowest BCUT2D eigenvalue weighted by molar-refractivity contribution is 0.0957. The number of thiophene rings is 1. The Morgan fingerprint density at radius 1 is 1.43 bits per heavy atom. The van der Waals surface area contributed by atoms with E-state index in [2.05, 4.69) is 44.3 Å². The molecule has 0 saturated heterocycles. The maximum absolute atomic E-state index is 11.6. The maximum atomic E-state index is 11.6. The Hall–Kier alpha value is -1.63. The highest BCUT2D eigenvalue weighted by molar-refractivity contribution is 9.10. The van der Waals surface area contributed by atoms with Crippen LogP contribution in [0.15, 0.2) is 41.0 Å². The summed E-state index contributed by atoms with van der Waals surface area (Å²) in [4.78, 5) is 13.4. The lowest BCUT2D eigenvalue weighted by Gasteiger charge is -2.05. The normalized spacial score (nSPS) is 11.0. The molecule has 2 heterocycles. The van der Waals surface area contributed by atoms with Gasteiger partial charge in [-0.05, 0) is 36.8 Å². The minimum absolute atomic E-state index is 0.241. The molecule has 0 radical (unpaired) electrons. The van der Waals surface area contributed by atoms with Gasteiger partial charge >= 0.3 is 0 Å². The number of hydrogen-bond donors (Lipinski definition) is 2. The van der Waals surface area contributed by atoms with Crippen molar-refractivity contribution in [3.63, 3.8) is 0 Å². The molecule has 3 aromatic rings. The SMILES string of the molecule is Cc1sc(C(=O)NN)cc1Cn1ccc2c(Br)cccc21. The molecule has 0 aliphatic heterocycles. The summed E-state index contributed by atoms with van der Waals surface area (Å²) in [6.07, 6.45) is 2.06. The molecule has 0 atom stereocenters. The fraction of sp³-hybridized carbons (Fsp3) is 0.133. The quantitative estimate of drug-likeness (QED) is 0.425. The Labute approximate surface area is 134 Å². The second kappa shape index (κ2) is 5.63. The molecule has 4 nitrogen and oxygen atoms in total. The van der Waals surface area contributed by atoms with E-state index in [-0.39, 0.29) is 5.91 Å². The highest BCUT2D eigenvalue weighted by atomic mass is 79.9. The largest absolute Gasteiger partial charge is 0.343 e. The zero-order valence-electron chi connectivity index (χ0n) is 11.4. The highest BCUT2D eigenvalue weighted by Crippen LogP contribution is 2.27. The third-order valence-electron chi connectivity index (χ3n) is 3.48. The van der Waals surface area contributed by atoms with Gasteiger partial charge in [0.1, 0.15) is 0 Å². The Morgan fingerprint density at radius 2 is 2.24 bits per heavy atom. The van der Waals surface area contributed by atoms with Gasteiger partial charge in [-0.2, -0.15) is 0 Å². The molecule has 0 unspecified atom stereocenters. The van der Waals surface area contributed by atoms with Crippen molar-refractivity contribution in [3.8, 4) is 0 Å². The minimum atomic E-state index is -0.241.